The highest BCUT2D eigenvalue weighted by molar-refractivity contribution is 6.33. The first-order valence-electron chi connectivity index (χ1n) is 7.86. The van der Waals surface area contributed by atoms with Gasteiger partial charge in [-0.25, -0.2) is 0 Å². The van der Waals surface area contributed by atoms with Crippen LogP contribution in [-0.4, -0.2) is 23.3 Å². The molecule has 114 valence electrons. The van der Waals surface area contributed by atoms with Crippen molar-refractivity contribution >= 4 is 29.0 Å². The van der Waals surface area contributed by atoms with Gasteiger partial charge in [0.25, 0.3) is 0 Å². The van der Waals surface area contributed by atoms with Gasteiger partial charge >= 0.3 is 0 Å². The number of benzene rings is 1. The van der Waals surface area contributed by atoms with Crippen LogP contribution in [0.25, 0.3) is 0 Å². The predicted molar refractivity (Wildman–Crippen MR) is 86.9 cm³/mol. The molecule has 2 unspecified atom stereocenters. The monoisotopic (exact) mass is 325 g/mol. The Labute approximate surface area is 136 Å². The van der Waals surface area contributed by atoms with Gasteiger partial charge in [-0.2, -0.15) is 0 Å². The Morgan fingerprint density at radius 1 is 1.14 bits per heavy atom. The zero-order valence-corrected chi connectivity index (χ0v) is 13.7. The van der Waals surface area contributed by atoms with E-state index in [9.17, 15) is 4.79 Å². The molecule has 0 spiro atoms. The van der Waals surface area contributed by atoms with Crippen molar-refractivity contribution in [3.63, 3.8) is 0 Å². The number of carbonyl (C=O) groups is 1. The third-order valence-corrected chi connectivity index (χ3v) is 5.47. The van der Waals surface area contributed by atoms with E-state index in [0.717, 1.165) is 54.4 Å². The first-order chi connectivity index (χ1) is 10.1. The molecule has 0 amide bonds. The number of hydrogen-bond acceptors (Lipinski definition) is 2. The largest absolute Gasteiger partial charge is 0.299 e. The van der Waals surface area contributed by atoms with E-state index in [2.05, 4.69) is 4.90 Å². The van der Waals surface area contributed by atoms with Crippen LogP contribution in [0.4, 0.5) is 0 Å². The molecule has 1 heterocycles. The maximum atomic E-state index is 12.1. The summed E-state index contributed by atoms with van der Waals surface area (Å²) in [5, 5.41) is 1.49. The van der Waals surface area contributed by atoms with Crippen molar-refractivity contribution in [1.29, 1.82) is 0 Å². The van der Waals surface area contributed by atoms with Gasteiger partial charge < -0.3 is 0 Å². The Balaban J connectivity index is 1.78. The lowest BCUT2D eigenvalue weighted by atomic mass is 9.88. The average molecular weight is 326 g/mol. The molecule has 1 aromatic carbocycles. The predicted octanol–water partition coefficient (Wildman–Crippen LogP) is 4.72. The minimum absolute atomic E-state index is 0.239. The summed E-state index contributed by atoms with van der Waals surface area (Å²) in [6.07, 6.45) is 6.46. The molecule has 0 aromatic heterocycles. The topological polar surface area (TPSA) is 20.3 Å². The Morgan fingerprint density at radius 3 is 2.76 bits per heavy atom. The molecule has 0 N–H and O–H groups in total. The summed E-state index contributed by atoms with van der Waals surface area (Å²) in [5.74, 6) is 0.701. The molecule has 1 aliphatic heterocycles. The Hall–Kier alpha value is -0.570. The number of Topliss-reactive ketones (excluding diaryl/α,β-unsaturated/α-hetero) is 1. The normalized spacial score (nSPS) is 27.2. The molecule has 0 radical (unpaired) electrons. The maximum absolute atomic E-state index is 12.1. The van der Waals surface area contributed by atoms with Gasteiger partial charge in [0.15, 0.2) is 0 Å². The number of piperidine rings is 1. The van der Waals surface area contributed by atoms with Gasteiger partial charge in [0.2, 0.25) is 0 Å². The van der Waals surface area contributed by atoms with Gasteiger partial charge in [-0.15, -0.1) is 0 Å². The van der Waals surface area contributed by atoms with Gasteiger partial charge in [0.05, 0.1) is 0 Å². The first-order valence-corrected chi connectivity index (χ1v) is 8.61. The molecule has 2 nitrogen and oxygen atoms in total. The number of likely N-dealkylation sites (tertiary alicyclic amines) is 1. The molecular formula is C17H21Cl2NO. The van der Waals surface area contributed by atoms with E-state index < -0.39 is 0 Å². The zero-order valence-electron chi connectivity index (χ0n) is 12.2. The summed E-state index contributed by atoms with van der Waals surface area (Å²) in [6.45, 7) is 1.85. The van der Waals surface area contributed by atoms with Crippen LogP contribution in [0, 0.1) is 5.92 Å². The van der Waals surface area contributed by atoms with E-state index in [1.807, 2.05) is 18.2 Å². The number of rotatable bonds is 3. The lowest BCUT2D eigenvalue weighted by Gasteiger charge is -2.39. The fourth-order valence-electron chi connectivity index (χ4n) is 3.80. The van der Waals surface area contributed by atoms with Crippen LogP contribution in [0.3, 0.4) is 0 Å². The molecule has 21 heavy (non-hydrogen) atoms. The van der Waals surface area contributed by atoms with E-state index in [-0.39, 0.29) is 5.92 Å². The fraction of sp³-hybridized carbons (Fsp3) is 0.588. The van der Waals surface area contributed by atoms with Crippen LogP contribution in [0.15, 0.2) is 18.2 Å². The van der Waals surface area contributed by atoms with Crippen LogP contribution in [0.5, 0.6) is 0 Å². The Morgan fingerprint density at radius 2 is 2.00 bits per heavy atom. The Kier molecular flexibility index (Phi) is 4.88. The van der Waals surface area contributed by atoms with E-state index in [1.165, 1.54) is 12.8 Å². The minimum Gasteiger partial charge on any atom is -0.299 e. The van der Waals surface area contributed by atoms with Gasteiger partial charge in [-0.05, 0) is 56.0 Å². The van der Waals surface area contributed by atoms with Gasteiger partial charge in [0, 0.05) is 35.0 Å². The zero-order chi connectivity index (χ0) is 14.8. The fourth-order valence-corrected chi connectivity index (χ4v) is 4.17. The van der Waals surface area contributed by atoms with Crippen molar-refractivity contribution in [2.75, 3.05) is 6.54 Å². The summed E-state index contributed by atoms with van der Waals surface area (Å²) in [5.41, 5.74) is 1.07. The summed E-state index contributed by atoms with van der Waals surface area (Å²) in [4.78, 5) is 14.6. The second-order valence-electron chi connectivity index (χ2n) is 6.23. The summed E-state index contributed by atoms with van der Waals surface area (Å²) in [6, 6.07) is 6.02. The molecular weight excluding hydrogens is 305 g/mol. The molecule has 2 fully saturated rings. The van der Waals surface area contributed by atoms with Crippen molar-refractivity contribution in [1.82, 2.24) is 4.90 Å². The lowest BCUT2D eigenvalue weighted by molar-refractivity contribution is -0.123. The first kappa shape index (κ1) is 15.3. The molecule has 0 bridgehead atoms. The highest BCUT2D eigenvalue weighted by Gasteiger charge is 2.36. The van der Waals surface area contributed by atoms with Crippen molar-refractivity contribution in [3.05, 3.63) is 33.8 Å². The van der Waals surface area contributed by atoms with Crippen molar-refractivity contribution < 1.29 is 4.79 Å². The Bertz CT molecular complexity index is 532. The molecule has 1 saturated heterocycles. The quantitative estimate of drug-likeness (QED) is 0.801. The van der Waals surface area contributed by atoms with Crippen LogP contribution >= 0.6 is 23.2 Å². The molecule has 2 atom stereocenters. The highest BCUT2D eigenvalue weighted by atomic mass is 35.5. The average Bonchev–Trinajstić information content (AvgIpc) is 2.90. The van der Waals surface area contributed by atoms with Gasteiger partial charge in [-0.1, -0.05) is 29.6 Å². The molecule has 4 heteroatoms. The van der Waals surface area contributed by atoms with Gasteiger partial charge in [0.1, 0.15) is 5.78 Å². The third-order valence-electron chi connectivity index (χ3n) is 4.86. The lowest BCUT2D eigenvalue weighted by Crippen LogP contribution is -2.44. The SMILES string of the molecule is O=C1CCCC1C1CCCCN1Cc1cc(Cl)ccc1Cl. The van der Waals surface area contributed by atoms with Crippen LogP contribution in [0.2, 0.25) is 10.0 Å². The number of carbonyl (C=O) groups excluding carboxylic acids is 1. The van der Waals surface area contributed by atoms with Crippen molar-refractivity contribution in [3.8, 4) is 0 Å². The van der Waals surface area contributed by atoms with Crippen LogP contribution in [0.1, 0.15) is 44.1 Å². The molecule has 1 saturated carbocycles. The standard InChI is InChI=1S/C17H21Cl2NO/c18-13-7-8-15(19)12(10-13)11-20-9-2-1-5-16(20)14-4-3-6-17(14)21/h7-8,10,14,16H,1-6,9,11H2. The third kappa shape index (κ3) is 3.44. The van der Waals surface area contributed by atoms with Crippen LogP contribution < -0.4 is 0 Å². The summed E-state index contributed by atoms with van der Waals surface area (Å²) in [7, 11) is 0. The van der Waals surface area contributed by atoms with Crippen molar-refractivity contribution in [2.24, 2.45) is 5.92 Å². The molecule has 3 rings (SSSR count). The molecule has 2 aliphatic rings. The number of hydrogen-bond donors (Lipinski definition) is 0. The smallest absolute Gasteiger partial charge is 0.137 e. The second kappa shape index (κ2) is 6.68. The maximum Gasteiger partial charge on any atom is 0.137 e. The van der Waals surface area contributed by atoms with E-state index in [4.69, 9.17) is 23.2 Å². The number of ketones is 1. The highest BCUT2D eigenvalue weighted by Crippen LogP contribution is 2.34. The van der Waals surface area contributed by atoms with E-state index in [0.29, 0.717) is 11.8 Å². The summed E-state index contributed by atoms with van der Waals surface area (Å²) >= 11 is 12.4. The van der Waals surface area contributed by atoms with E-state index in [1.54, 1.807) is 0 Å². The number of nitrogens with zero attached hydrogens (tertiary/aromatic N) is 1. The van der Waals surface area contributed by atoms with E-state index >= 15 is 0 Å². The van der Waals surface area contributed by atoms with Crippen molar-refractivity contribution in [2.45, 2.75) is 51.1 Å². The second-order valence-corrected chi connectivity index (χ2v) is 7.08. The minimum atomic E-state index is 0.239. The molecule has 1 aliphatic carbocycles. The van der Waals surface area contributed by atoms with Gasteiger partial charge in [-0.3, -0.25) is 9.69 Å². The van der Waals surface area contributed by atoms with Crippen LogP contribution in [-0.2, 0) is 11.3 Å². The number of halogens is 2. The molecule has 1 aromatic rings. The summed E-state index contributed by atoms with van der Waals surface area (Å²) < 4.78 is 0.